The van der Waals surface area contributed by atoms with Gasteiger partial charge in [-0.25, -0.2) is 0 Å². The summed E-state index contributed by atoms with van der Waals surface area (Å²) in [4.78, 5) is 0. The Morgan fingerprint density at radius 2 is 2.00 bits per heavy atom. The molecule has 0 heterocycles. The highest BCUT2D eigenvalue weighted by Crippen LogP contribution is 2.45. The lowest BCUT2D eigenvalue weighted by Gasteiger charge is -2.29. The lowest BCUT2D eigenvalue weighted by Crippen LogP contribution is -2.32. The van der Waals surface area contributed by atoms with E-state index in [1.54, 1.807) is 7.11 Å². The average molecular weight is 235 g/mol. The summed E-state index contributed by atoms with van der Waals surface area (Å²) in [7, 11) is 1.65. The van der Waals surface area contributed by atoms with Crippen LogP contribution in [0.5, 0.6) is 11.5 Å². The van der Waals surface area contributed by atoms with Gasteiger partial charge < -0.3 is 15.6 Å². The van der Waals surface area contributed by atoms with Gasteiger partial charge >= 0.3 is 0 Å². The molecule has 3 N–H and O–H groups in total. The van der Waals surface area contributed by atoms with Gasteiger partial charge in [0.15, 0.2) is 0 Å². The number of aromatic hydroxyl groups is 1. The van der Waals surface area contributed by atoms with E-state index in [1.807, 2.05) is 19.1 Å². The average Bonchev–Trinajstić information content (AvgIpc) is 2.82. The van der Waals surface area contributed by atoms with Crippen molar-refractivity contribution in [1.29, 1.82) is 0 Å². The molecule has 0 saturated heterocycles. The van der Waals surface area contributed by atoms with E-state index < -0.39 is 0 Å². The number of methoxy groups -OCH3 is 1. The molecule has 0 aliphatic heterocycles. The molecule has 3 nitrogen and oxygen atoms in total. The maximum absolute atomic E-state index is 10.3. The summed E-state index contributed by atoms with van der Waals surface area (Å²) in [6, 6.07) is 3.80. The number of ether oxygens (including phenoxy) is 1. The second kappa shape index (κ2) is 4.57. The molecule has 0 unspecified atom stereocenters. The minimum Gasteiger partial charge on any atom is -0.507 e. The maximum Gasteiger partial charge on any atom is 0.122 e. The van der Waals surface area contributed by atoms with Crippen molar-refractivity contribution in [1.82, 2.24) is 0 Å². The van der Waals surface area contributed by atoms with Gasteiger partial charge in [-0.1, -0.05) is 12.8 Å². The van der Waals surface area contributed by atoms with Crippen molar-refractivity contribution in [3.8, 4) is 11.5 Å². The van der Waals surface area contributed by atoms with Gasteiger partial charge in [0, 0.05) is 17.5 Å². The molecule has 1 aliphatic carbocycles. The molecule has 94 valence electrons. The van der Waals surface area contributed by atoms with Gasteiger partial charge in [0.05, 0.1) is 7.11 Å². The van der Waals surface area contributed by atoms with Crippen LogP contribution in [0.25, 0.3) is 0 Å². The molecule has 17 heavy (non-hydrogen) atoms. The Balaban J connectivity index is 2.52. The molecule has 0 spiro atoms. The van der Waals surface area contributed by atoms with Crippen LogP contribution in [0.3, 0.4) is 0 Å². The van der Waals surface area contributed by atoms with Crippen LogP contribution in [0.4, 0.5) is 0 Å². The van der Waals surface area contributed by atoms with Crippen LogP contribution in [-0.4, -0.2) is 18.8 Å². The third kappa shape index (κ3) is 2.00. The van der Waals surface area contributed by atoms with Crippen LogP contribution in [0, 0.1) is 6.92 Å². The molecule has 2 rings (SSSR count). The normalized spacial score (nSPS) is 18.3. The minimum absolute atomic E-state index is 0.0522. The largest absolute Gasteiger partial charge is 0.507 e. The lowest BCUT2D eigenvalue weighted by atomic mass is 9.77. The second-order valence-electron chi connectivity index (χ2n) is 5.03. The van der Waals surface area contributed by atoms with E-state index in [2.05, 4.69) is 0 Å². The molecule has 1 fully saturated rings. The van der Waals surface area contributed by atoms with Crippen molar-refractivity contribution >= 4 is 0 Å². The first kappa shape index (κ1) is 12.2. The number of rotatable bonds is 3. The van der Waals surface area contributed by atoms with Crippen LogP contribution < -0.4 is 10.5 Å². The summed E-state index contributed by atoms with van der Waals surface area (Å²) in [5.41, 5.74) is 7.73. The highest BCUT2D eigenvalue weighted by molar-refractivity contribution is 5.50. The number of nitrogens with two attached hydrogens (primary N) is 1. The van der Waals surface area contributed by atoms with Gasteiger partial charge in [0.25, 0.3) is 0 Å². The summed E-state index contributed by atoms with van der Waals surface area (Å²) < 4.78 is 5.29. The molecule has 1 aromatic rings. The quantitative estimate of drug-likeness (QED) is 0.846. The summed E-state index contributed by atoms with van der Waals surface area (Å²) in [5.74, 6) is 1.19. The van der Waals surface area contributed by atoms with E-state index in [0.717, 1.165) is 29.7 Å². The number of hydrogen-bond acceptors (Lipinski definition) is 3. The fourth-order valence-corrected chi connectivity index (χ4v) is 2.90. The zero-order chi connectivity index (χ0) is 12.5. The van der Waals surface area contributed by atoms with E-state index >= 15 is 0 Å². The molecule has 0 radical (unpaired) electrons. The Hall–Kier alpha value is -1.22. The van der Waals surface area contributed by atoms with Crippen LogP contribution in [0.1, 0.15) is 36.8 Å². The van der Waals surface area contributed by atoms with Crippen molar-refractivity contribution in [3.05, 3.63) is 23.3 Å². The Labute approximate surface area is 103 Å². The van der Waals surface area contributed by atoms with Gasteiger partial charge in [-0.2, -0.15) is 0 Å². The standard InChI is InChI=1S/C14H21NO2/c1-10-7-11(17-2)8-12(13(10)16)14(9-15)5-3-4-6-14/h7-8,16H,3-6,9,15H2,1-2H3. The van der Waals surface area contributed by atoms with Gasteiger partial charge in [-0.3, -0.25) is 0 Å². The number of aryl methyl sites for hydroxylation is 1. The molecule has 1 aromatic carbocycles. The number of phenols is 1. The lowest BCUT2D eigenvalue weighted by molar-refractivity contribution is 0.387. The molecule has 1 aliphatic rings. The molecule has 0 atom stereocenters. The summed E-state index contributed by atoms with van der Waals surface area (Å²) >= 11 is 0. The minimum atomic E-state index is -0.0522. The topological polar surface area (TPSA) is 55.5 Å². The van der Waals surface area contributed by atoms with Gasteiger partial charge in [-0.05, 0) is 37.5 Å². The van der Waals surface area contributed by atoms with Gasteiger partial charge in [-0.15, -0.1) is 0 Å². The van der Waals surface area contributed by atoms with Crippen molar-refractivity contribution in [2.75, 3.05) is 13.7 Å². The molecular formula is C14H21NO2. The van der Waals surface area contributed by atoms with Crippen LogP contribution in [0.2, 0.25) is 0 Å². The number of hydrogen-bond donors (Lipinski definition) is 2. The van der Waals surface area contributed by atoms with Crippen molar-refractivity contribution in [2.45, 2.75) is 38.0 Å². The molecule has 0 bridgehead atoms. The zero-order valence-electron chi connectivity index (χ0n) is 10.6. The van der Waals surface area contributed by atoms with Crippen molar-refractivity contribution < 1.29 is 9.84 Å². The fraction of sp³-hybridized carbons (Fsp3) is 0.571. The molecule has 3 heteroatoms. The monoisotopic (exact) mass is 235 g/mol. The SMILES string of the molecule is COc1cc(C)c(O)c(C2(CN)CCCC2)c1. The zero-order valence-corrected chi connectivity index (χ0v) is 10.6. The first-order valence-corrected chi connectivity index (χ1v) is 6.21. The summed E-state index contributed by atoms with van der Waals surface area (Å²) in [6.07, 6.45) is 4.49. The van der Waals surface area contributed by atoms with Crippen LogP contribution in [-0.2, 0) is 5.41 Å². The van der Waals surface area contributed by atoms with Crippen LogP contribution >= 0.6 is 0 Å². The van der Waals surface area contributed by atoms with E-state index in [4.69, 9.17) is 10.5 Å². The predicted octanol–water partition coefficient (Wildman–Crippen LogP) is 2.48. The third-order valence-corrected chi connectivity index (χ3v) is 4.03. The maximum atomic E-state index is 10.3. The van der Waals surface area contributed by atoms with Gasteiger partial charge in [0.1, 0.15) is 11.5 Å². The highest BCUT2D eigenvalue weighted by Gasteiger charge is 2.37. The molecule has 0 amide bonds. The van der Waals surface area contributed by atoms with Crippen LogP contribution in [0.15, 0.2) is 12.1 Å². The molecular weight excluding hydrogens is 214 g/mol. The molecule has 1 saturated carbocycles. The summed E-state index contributed by atoms with van der Waals surface area (Å²) in [6.45, 7) is 2.49. The predicted molar refractivity (Wildman–Crippen MR) is 68.6 cm³/mol. The van der Waals surface area contributed by atoms with Crippen molar-refractivity contribution in [3.63, 3.8) is 0 Å². The van der Waals surface area contributed by atoms with E-state index in [-0.39, 0.29) is 5.41 Å². The van der Waals surface area contributed by atoms with E-state index in [1.165, 1.54) is 12.8 Å². The number of benzene rings is 1. The Bertz CT molecular complexity index is 409. The first-order chi connectivity index (χ1) is 8.13. The fourth-order valence-electron chi connectivity index (χ4n) is 2.90. The summed E-state index contributed by atoms with van der Waals surface area (Å²) in [5, 5.41) is 10.3. The van der Waals surface area contributed by atoms with E-state index in [0.29, 0.717) is 12.3 Å². The number of phenolic OH excluding ortho intramolecular Hbond substituents is 1. The smallest absolute Gasteiger partial charge is 0.122 e. The third-order valence-electron chi connectivity index (χ3n) is 4.03. The Morgan fingerprint density at radius 3 is 2.53 bits per heavy atom. The van der Waals surface area contributed by atoms with Gasteiger partial charge in [0.2, 0.25) is 0 Å². The Kier molecular flexibility index (Phi) is 3.29. The molecule has 0 aromatic heterocycles. The van der Waals surface area contributed by atoms with E-state index in [9.17, 15) is 5.11 Å². The second-order valence-corrected chi connectivity index (χ2v) is 5.03. The Morgan fingerprint density at radius 1 is 1.35 bits per heavy atom. The first-order valence-electron chi connectivity index (χ1n) is 6.21. The van der Waals surface area contributed by atoms with Crippen molar-refractivity contribution in [2.24, 2.45) is 5.73 Å². The highest BCUT2D eigenvalue weighted by atomic mass is 16.5.